The van der Waals surface area contributed by atoms with Gasteiger partial charge in [0, 0.05) is 18.8 Å². The van der Waals surface area contributed by atoms with Crippen molar-refractivity contribution in [2.75, 3.05) is 19.8 Å². The van der Waals surface area contributed by atoms with Crippen LogP contribution < -0.4 is 4.74 Å². The van der Waals surface area contributed by atoms with Gasteiger partial charge in [0.05, 0.1) is 30.9 Å². The molecule has 198 valence electrons. The summed E-state index contributed by atoms with van der Waals surface area (Å²) in [6, 6.07) is 20.6. The van der Waals surface area contributed by atoms with E-state index in [1.54, 1.807) is 11.0 Å². The highest BCUT2D eigenvalue weighted by Crippen LogP contribution is 2.45. The predicted molar refractivity (Wildman–Crippen MR) is 132 cm³/mol. The van der Waals surface area contributed by atoms with Crippen LogP contribution in [-0.2, 0) is 15.1 Å². The van der Waals surface area contributed by atoms with Gasteiger partial charge >= 0.3 is 12.5 Å². The van der Waals surface area contributed by atoms with E-state index in [0.29, 0.717) is 5.56 Å². The largest absolute Gasteiger partial charge is 0.573 e. The number of benzene rings is 3. The number of aliphatic hydroxyl groups is 1. The minimum Gasteiger partial charge on any atom is -0.448 e. The highest BCUT2D eigenvalue weighted by atomic mass is 19.4. The van der Waals surface area contributed by atoms with Crippen molar-refractivity contribution in [1.82, 2.24) is 4.90 Å². The van der Waals surface area contributed by atoms with Crippen LogP contribution in [0.25, 0.3) is 11.1 Å². The van der Waals surface area contributed by atoms with Gasteiger partial charge in [-0.2, -0.15) is 0 Å². The van der Waals surface area contributed by atoms with E-state index in [9.17, 15) is 23.1 Å². The molecule has 1 amide bonds. The minimum atomic E-state index is -4.83. The number of halogens is 3. The molecule has 1 aliphatic carbocycles. The summed E-state index contributed by atoms with van der Waals surface area (Å²) >= 11 is 0. The normalized spacial score (nSPS) is 24.5. The molecule has 1 N–H and O–H groups in total. The summed E-state index contributed by atoms with van der Waals surface area (Å²) < 4.78 is 53.8. The van der Waals surface area contributed by atoms with Crippen LogP contribution in [0, 0.1) is 0 Å². The van der Waals surface area contributed by atoms with Crippen molar-refractivity contribution in [3.63, 3.8) is 0 Å². The Morgan fingerprint density at radius 3 is 2.16 bits per heavy atom. The third-order valence-corrected chi connectivity index (χ3v) is 7.71. The van der Waals surface area contributed by atoms with Gasteiger partial charge < -0.3 is 19.3 Å². The zero-order chi connectivity index (χ0) is 26.5. The zero-order valence-corrected chi connectivity index (χ0v) is 20.4. The van der Waals surface area contributed by atoms with Crippen molar-refractivity contribution in [2.24, 2.45) is 0 Å². The van der Waals surface area contributed by atoms with Crippen LogP contribution in [0.4, 0.5) is 18.0 Å². The summed E-state index contributed by atoms with van der Waals surface area (Å²) in [7, 11) is 0. The molecule has 2 bridgehead atoms. The molecule has 6 rings (SSSR count). The van der Waals surface area contributed by atoms with Crippen molar-refractivity contribution >= 4 is 6.09 Å². The quantitative estimate of drug-likeness (QED) is 0.482. The third kappa shape index (κ3) is 4.50. The van der Waals surface area contributed by atoms with Gasteiger partial charge in [-0.3, -0.25) is 4.90 Å². The molecule has 9 heteroatoms. The Kier molecular flexibility index (Phi) is 6.07. The number of morpholine rings is 1. The average molecular weight is 526 g/mol. The minimum absolute atomic E-state index is 0.0828. The molecular weight excluding hydrogens is 499 g/mol. The second kappa shape index (κ2) is 9.32. The highest BCUT2D eigenvalue weighted by Gasteiger charge is 2.50. The molecule has 6 nitrogen and oxygen atoms in total. The van der Waals surface area contributed by atoms with Gasteiger partial charge in [0.25, 0.3) is 0 Å². The number of nitrogens with zero attached hydrogens (tertiary/aromatic N) is 1. The number of rotatable bonds is 4. The molecule has 0 spiro atoms. The van der Waals surface area contributed by atoms with Gasteiger partial charge in [0.2, 0.25) is 0 Å². The topological polar surface area (TPSA) is 68.2 Å². The van der Waals surface area contributed by atoms with E-state index in [4.69, 9.17) is 9.47 Å². The summed E-state index contributed by atoms with van der Waals surface area (Å²) in [5.74, 6) is -0.482. The Hall–Kier alpha value is -3.56. The summed E-state index contributed by atoms with van der Waals surface area (Å²) in [5.41, 5.74) is 3.36. The number of ether oxygens (including phenoxy) is 3. The maximum absolute atomic E-state index is 13.4. The number of hydrogen-bond donors (Lipinski definition) is 1. The van der Waals surface area contributed by atoms with Crippen LogP contribution in [-0.4, -0.2) is 54.4 Å². The lowest BCUT2D eigenvalue weighted by molar-refractivity contribution is -0.274. The maximum atomic E-state index is 13.4. The first-order valence-electron chi connectivity index (χ1n) is 12.5. The van der Waals surface area contributed by atoms with Crippen LogP contribution in [0.15, 0.2) is 72.8 Å². The van der Waals surface area contributed by atoms with Crippen LogP contribution >= 0.6 is 0 Å². The van der Waals surface area contributed by atoms with Crippen molar-refractivity contribution in [2.45, 2.75) is 42.8 Å². The monoisotopic (exact) mass is 525 g/mol. The van der Waals surface area contributed by atoms with E-state index < -0.39 is 35.9 Å². The first-order valence-corrected chi connectivity index (χ1v) is 12.5. The molecule has 2 fully saturated rings. The fourth-order valence-corrected chi connectivity index (χ4v) is 6.16. The predicted octanol–water partition coefficient (Wildman–Crippen LogP) is 5.59. The third-order valence-electron chi connectivity index (χ3n) is 7.71. The van der Waals surface area contributed by atoms with Crippen LogP contribution in [0.1, 0.15) is 35.4 Å². The maximum Gasteiger partial charge on any atom is 0.573 e. The van der Waals surface area contributed by atoms with E-state index in [-0.39, 0.29) is 38.6 Å². The van der Waals surface area contributed by atoms with Gasteiger partial charge in [-0.05, 0) is 39.9 Å². The standard InChI is InChI=1S/C29H26F3NO5/c30-29(31,32)38-21-7-5-6-18(12-21)28(35)13-19-15-36-16-20(14-28)33(19)27(34)37-17-26-24-10-3-1-8-22(24)23-9-2-4-11-25(23)26/h1-12,19-20,26,35H,13-17H2. The van der Waals surface area contributed by atoms with Crippen molar-refractivity contribution < 1.29 is 37.3 Å². The van der Waals surface area contributed by atoms with Crippen LogP contribution in [0.5, 0.6) is 5.75 Å². The number of carbonyl (C=O) groups excluding carboxylic acids is 1. The number of carbonyl (C=O) groups is 1. The number of amides is 1. The van der Waals surface area contributed by atoms with Gasteiger partial charge in [0.1, 0.15) is 12.4 Å². The highest BCUT2D eigenvalue weighted by molar-refractivity contribution is 5.79. The van der Waals surface area contributed by atoms with Crippen LogP contribution in [0.3, 0.4) is 0 Å². The molecule has 3 aromatic rings. The average Bonchev–Trinajstić information content (AvgIpc) is 3.20. The summed E-state index contributed by atoms with van der Waals surface area (Å²) in [6.07, 6.45) is -5.12. The molecule has 3 aromatic carbocycles. The van der Waals surface area contributed by atoms with Crippen LogP contribution in [0.2, 0.25) is 0 Å². The first-order chi connectivity index (χ1) is 18.2. The molecule has 2 saturated heterocycles. The molecule has 2 unspecified atom stereocenters. The lowest BCUT2D eigenvalue weighted by Gasteiger charge is -2.51. The molecule has 0 aromatic heterocycles. The van der Waals surface area contributed by atoms with Gasteiger partial charge in [0.15, 0.2) is 0 Å². The van der Waals surface area contributed by atoms with E-state index >= 15 is 0 Å². The summed E-state index contributed by atoms with van der Waals surface area (Å²) in [4.78, 5) is 15.0. The molecular formula is C29H26F3NO5. The van der Waals surface area contributed by atoms with Gasteiger partial charge in [-0.1, -0.05) is 60.7 Å². The first kappa shape index (κ1) is 24.8. The molecule has 2 heterocycles. The summed E-state index contributed by atoms with van der Waals surface area (Å²) in [6.45, 7) is 0.564. The zero-order valence-electron chi connectivity index (χ0n) is 20.4. The van der Waals surface area contributed by atoms with Crippen molar-refractivity contribution in [1.29, 1.82) is 0 Å². The van der Waals surface area contributed by atoms with E-state index in [0.717, 1.165) is 22.3 Å². The fourth-order valence-electron chi connectivity index (χ4n) is 6.16. The van der Waals surface area contributed by atoms with E-state index in [1.165, 1.54) is 18.2 Å². The second-order valence-electron chi connectivity index (χ2n) is 10.1. The molecule has 38 heavy (non-hydrogen) atoms. The second-order valence-corrected chi connectivity index (χ2v) is 10.1. The number of piperidine rings is 1. The Bertz CT molecular complexity index is 1300. The molecule has 0 radical (unpaired) electrons. The Morgan fingerprint density at radius 1 is 0.947 bits per heavy atom. The lowest BCUT2D eigenvalue weighted by atomic mass is 9.77. The Labute approximate surface area is 217 Å². The lowest BCUT2D eigenvalue weighted by Crippen LogP contribution is -2.62. The summed E-state index contributed by atoms with van der Waals surface area (Å²) in [5, 5.41) is 11.5. The number of alkyl halides is 3. The molecule has 2 aliphatic heterocycles. The molecule has 3 aliphatic rings. The van der Waals surface area contributed by atoms with Gasteiger partial charge in [-0.25, -0.2) is 4.79 Å². The Morgan fingerprint density at radius 2 is 1.55 bits per heavy atom. The Balaban J connectivity index is 1.19. The molecule has 0 saturated carbocycles. The van der Waals surface area contributed by atoms with E-state index in [2.05, 4.69) is 16.9 Å². The molecule has 2 atom stereocenters. The van der Waals surface area contributed by atoms with E-state index in [1.807, 2.05) is 36.4 Å². The SMILES string of the molecule is O=C(OCC1c2ccccc2-c2ccccc21)N1C2COCC1CC(O)(c1cccc(OC(F)(F)F)c1)C2. The number of fused-ring (bicyclic) bond motifs is 5. The van der Waals surface area contributed by atoms with Crippen molar-refractivity contribution in [3.8, 4) is 16.9 Å². The number of hydrogen-bond acceptors (Lipinski definition) is 5. The smallest absolute Gasteiger partial charge is 0.448 e. The van der Waals surface area contributed by atoms with Crippen molar-refractivity contribution in [3.05, 3.63) is 89.5 Å². The fraction of sp³-hybridized carbons (Fsp3) is 0.345. The van der Waals surface area contributed by atoms with Gasteiger partial charge in [-0.15, -0.1) is 13.2 Å².